The third-order valence-corrected chi connectivity index (χ3v) is 7.64. The third kappa shape index (κ3) is 5.14. The van der Waals surface area contributed by atoms with E-state index in [2.05, 4.69) is 5.32 Å². The SMILES string of the molecule is CC[C@]1(CCCOC)CS(=O)(=O)c2ccc(OC)cc2[C@H](c2ccc(F)cc2)N1.Cl. The molecule has 0 unspecified atom stereocenters. The van der Waals surface area contributed by atoms with Gasteiger partial charge in [0.1, 0.15) is 11.6 Å². The number of nitrogens with one attached hydrogen (secondary N) is 1. The Morgan fingerprint density at radius 3 is 2.47 bits per heavy atom. The lowest BCUT2D eigenvalue weighted by molar-refractivity contribution is 0.176. The first-order valence-corrected chi connectivity index (χ1v) is 11.4. The summed E-state index contributed by atoms with van der Waals surface area (Å²) in [5.74, 6) is 0.246. The first-order valence-electron chi connectivity index (χ1n) is 9.77. The highest BCUT2D eigenvalue weighted by molar-refractivity contribution is 7.91. The average Bonchev–Trinajstić information content (AvgIpc) is 2.81. The van der Waals surface area contributed by atoms with Gasteiger partial charge < -0.3 is 9.47 Å². The molecule has 1 aliphatic heterocycles. The normalized spacial score (nSPS) is 22.5. The number of halogens is 2. The molecule has 0 bridgehead atoms. The summed E-state index contributed by atoms with van der Waals surface area (Å²) in [5, 5.41) is 3.62. The van der Waals surface area contributed by atoms with E-state index in [0.29, 0.717) is 35.7 Å². The molecule has 0 saturated heterocycles. The molecule has 1 heterocycles. The maximum Gasteiger partial charge on any atom is 0.180 e. The van der Waals surface area contributed by atoms with Crippen molar-refractivity contribution in [2.45, 2.75) is 42.7 Å². The molecule has 2 aromatic rings. The number of sulfone groups is 1. The first kappa shape index (κ1) is 24.6. The van der Waals surface area contributed by atoms with E-state index in [9.17, 15) is 12.8 Å². The molecule has 0 saturated carbocycles. The lowest BCUT2D eigenvalue weighted by atomic mass is 9.88. The van der Waals surface area contributed by atoms with Gasteiger partial charge in [0.2, 0.25) is 0 Å². The number of rotatable bonds is 7. The Kier molecular flexibility index (Phi) is 8.27. The second kappa shape index (κ2) is 10.1. The van der Waals surface area contributed by atoms with E-state index >= 15 is 0 Å². The topological polar surface area (TPSA) is 64.6 Å². The van der Waals surface area contributed by atoms with Crippen molar-refractivity contribution in [1.82, 2.24) is 5.32 Å². The number of fused-ring (bicyclic) bond motifs is 1. The van der Waals surface area contributed by atoms with Gasteiger partial charge in [-0.2, -0.15) is 0 Å². The van der Waals surface area contributed by atoms with E-state index < -0.39 is 21.4 Å². The van der Waals surface area contributed by atoms with Gasteiger partial charge in [0, 0.05) is 19.3 Å². The lowest BCUT2D eigenvalue weighted by Crippen LogP contribution is -2.50. The van der Waals surface area contributed by atoms with Crippen molar-refractivity contribution in [2.24, 2.45) is 0 Å². The summed E-state index contributed by atoms with van der Waals surface area (Å²) in [7, 11) is -0.354. The fraction of sp³-hybridized carbons (Fsp3) is 0.455. The molecule has 8 heteroatoms. The molecule has 0 amide bonds. The molecule has 2 atom stereocenters. The van der Waals surface area contributed by atoms with Crippen molar-refractivity contribution < 1.29 is 22.3 Å². The van der Waals surface area contributed by atoms with Crippen LogP contribution in [0.25, 0.3) is 0 Å². The quantitative estimate of drug-likeness (QED) is 0.628. The summed E-state index contributed by atoms with van der Waals surface area (Å²) in [6, 6.07) is 10.8. The lowest BCUT2D eigenvalue weighted by Gasteiger charge is -2.36. The summed E-state index contributed by atoms with van der Waals surface area (Å²) in [5.41, 5.74) is 0.809. The molecule has 0 aliphatic carbocycles. The highest BCUT2D eigenvalue weighted by Crippen LogP contribution is 2.39. The maximum absolute atomic E-state index is 13.5. The molecule has 166 valence electrons. The van der Waals surface area contributed by atoms with Crippen molar-refractivity contribution in [3.63, 3.8) is 0 Å². The summed E-state index contributed by atoms with van der Waals surface area (Å²) >= 11 is 0. The Balaban J connectivity index is 0.00000320. The van der Waals surface area contributed by atoms with Crippen LogP contribution in [0.1, 0.15) is 43.4 Å². The Bertz CT molecular complexity index is 952. The molecular formula is C22H29ClFNO4S. The summed E-state index contributed by atoms with van der Waals surface area (Å²) in [6.07, 6.45) is 2.03. The van der Waals surface area contributed by atoms with Gasteiger partial charge in [-0.3, -0.25) is 5.32 Å². The van der Waals surface area contributed by atoms with E-state index in [1.54, 1.807) is 44.6 Å². The van der Waals surface area contributed by atoms with E-state index in [0.717, 1.165) is 12.0 Å². The highest BCUT2D eigenvalue weighted by atomic mass is 35.5. The minimum absolute atomic E-state index is 0. The number of benzene rings is 2. The Labute approximate surface area is 184 Å². The number of ether oxygens (including phenoxy) is 2. The third-order valence-electron chi connectivity index (χ3n) is 5.66. The van der Waals surface area contributed by atoms with Crippen molar-refractivity contribution in [2.75, 3.05) is 26.6 Å². The van der Waals surface area contributed by atoms with Crippen LogP contribution in [0.2, 0.25) is 0 Å². The maximum atomic E-state index is 13.5. The van der Waals surface area contributed by atoms with Crippen molar-refractivity contribution in [1.29, 1.82) is 0 Å². The number of hydrogen-bond donors (Lipinski definition) is 1. The molecule has 30 heavy (non-hydrogen) atoms. The van der Waals surface area contributed by atoms with Gasteiger partial charge in [0.25, 0.3) is 0 Å². The Morgan fingerprint density at radius 2 is 1.87 bits per heavy atom. The van der Waals surface area contributed by atoms with Gasteiger partial charge in [-0.15, -0.1) is 12.4 Å². The molecular weight excluding hydrogens is 429 g/mol. The predicted octanol–water partition coefficient (Wildman–Crippen LogP) is 4.30. The summed E-state index contributed by atoms with van der Waals surface area (Å²) in [6.45, 7) is 2.55. The summed E-state index contributed by atoms with van der Waals surface area (Å²) in [4.78, 5) is 0.294. The van der Waals surface area contributed by atoms with Crippen molar-refractivity contribution in [3.05, 3.63) is 59.4 Å². The molecule has 5 nitrogen and oxygen atoms in total. The first-order chi connectivity index (χ1) is 13.8. The van der Waals surface area contributed by atoms with Crippen LogP contribution in [0.15, 0.2) is 47.4 Å². The largest absolute Gasteiger partial charge is 0.497 e. The van der Waals surface area contributed by atoms with Gasteiger partial charge in [0.15, 0.2) is 9.84 Å². The minimum atomic E-state index is -3.54. The van der Waals surface area contributed by atoms with Crippen LogP contribution in [0.5, 0.6) is 5.75 Å². The zero-order chi connectivity index (χ0) is 21.1. The van der Waals surface area contributed by atoms with Gasteiger partial charge in [-0.05, 0) is 60.7 Å². The molecule has 2 aromatic carbocycles. The Morgan fingerprint density at radius 1 is 1.17 bits per heavy atom. The van der Waals surface area contributed by atoms with Crippen LogP contribution in [-0.2, 0) is 14.6 Å². The van der Waals surface area contributed by atoms with Crippen LogP contribution >= 0.6 is 12.4 Å². The van der Waals surface area contributed by atoms with E-state index in [1.807, 2.05) is 6.92 Å². The minimum Gasteiger partial charge on any atom is -0.497 e. The van der Waals surface area contributed by atoms with Crippen LogP contribution in [0.4, 0.5) is 4.39 Å². The number of methoxy groups -OCH3 is 2. The van der Waals surface area contributed by atoms with E-state index in [1.165, 1.54) is 12.1 Å². The Hall–Kier alpha value is -1.67. The number of hydrogen-bond acceptors (Lipinski definition) is 5. The molecule has 1 N–H and O–H groups in total. The van der Waals surface area contributed by atoms with Crippen LogP contribution < -0.4 is 10.1 Å². The monoisotopic (exact) mass is 457 g/mol. The molecule has 0 spiro atoms. The van der Waals surface area contributed by atoms with Crippen molar-refractivity contribution in [3.8, 4) is 5.75 Å². The average molecular weight is 458 g/mol. The zero-order valence-corrected chi connectivity index (χ0v) is 19.1. The predicted molar refractivity (Wildman–Crippen MR) is 118 cm³/mol. The van der Waals surface area contributed by atoms with Crippen LogP contribution in [0, 0.1) is 5.82 Å². The van der Waals surface area contributed by atoms with Gasteiger partial charge in [-0.25, -0.2) is 12.8 Å². The van der Waals surface area contributed by atoms with Gasteiger partial charge >= 0.3 is 0 Å². The van der Waals surface area contributed by atoms with E-state index in [4.69, 9.17) is 9.47 Å². The zero-order valence-electron chi connectivity index (χ0n) is 17.5. The fourth-order valence-corrected chi connectivity index (χ4v) is 6.15. The molecule has 3 rings (SSSR count). The van der Waals surface area contributed by atoms with Crippen molar-refractivity contribution >= 4 is 22.2 Å². The molecule has 1 aliphatic rings. The highest BCUT2D eigenvalue weighted by Gasteiger charge is 2.41. The molecule has 0 fully saturated rings. The van der Waals surface area contributed by atoms with Gasteiger partial charge in [-0.1, -0.05) is 19.1 Å². The molecule has 0 aromatic heterocycles. The van der Waals surface area contributed by atoms with Crippen LogP contribution in [0.3, 0.4) is 0 Å². The van der Waals surface area contributed by atoms with Gasteiger partial charge in [0.05, 0.1) is 23.8 Å². The second-order valence-corrected chi connectivity index (χ2v) is 9.48. The van der Waals surface area contributed by atoms with E-state index in [-0.39, 0.29) is 24.0 Å². The molecule has 0 radical (unpaired) electrons. The summed E-state index contributed by atoms with van der Waals surface area (Å²) < 4.78 is 50.8. The standard InChI is InChI=1S/C22H28FNO4S.ClH/c1-4-22(12-5-13-27-2)15-29(25,26)20-11-10-18(28-3)14-19(20)21(24-22)16-6-8-17(23)9-7-16;/h6-11,14,21,24H,4-5,12-13,15H2,1-3H3;1H/t21-,22-;/m0./s1. The smallest absolute Gasteiger partial charge is 0.180 e. The second-order valence-electron chi connectivity index (χ2n) is 7.52. The van der Waals surface area contributed by atoms with Crippen LogP contribution in [-0.4, -0.2) is 40.5 Å². The fourth-order valence-electron chi connectivity index (χ4n) is 4.03.